The normalized spacial score (nSPS) is 22.1. The van der Waals surface area contributed by atoms with Gasteiger partial charge in [0.05, 0.1) is 0 Å². The number of hydrogen-bond acceptors (Lipinski definition) is 2. The third kappa shape index (κ3) is 1.57. The Kier molecular flexibility index (Phi) is 2.84. The number of rotatable bonds is 2. The van der Waals surface area contributed by atoms with Gasteiger partial charge in [-0.15, -0.1) is 11.8 Å². The molecule has 1 aliphatic rings. The number of likely N-dealkylation sites (N-methyl/N-ethyl adjacent to an activating group) is 1. The molecule has 0 aliphatic carbocycles. The largest absolute Gasteiger partial charge is 0.317 e. The number of hydrogen-bond donors (Lipinski definition) is 1. The Morgan fingerprint density at radius 1 is 1.50 bits per heavy atom. The smallest absolute Gasteiger partial charge is 0.0113 e. The van der Waals surface area contributed by atoms with Gasteiger partial charge in [0.2, 0.25) is 0 Å². The Balaban J connectivity index is 2.38. The molecule has 2 rings (SSSR count). The van der Waals surface area contributed by atoms with Gasteiger partial charge in [0.1, 0.15) is 0 Å². The first-order chi connectivity index (χ1) is 6.74. The fraction of sp³-hybridized carbons (Fsp3) is 0.500. The minimum Gasteiger partial charge on any atom is -0.317 e. The molecule has 2 heteroatoms. The molecule has 0 saturated heterocycles. The van der Waals surface area contributed by atoms with E-state index in [2.05, 4.69) is 37.4 Å². The molecule has 0 amide bonds. The van der Waals surface area contributed by atoms with Crippen molar-refractivity contribution in [3.05, 3.63) is 29.3 Å². The van der Waals surface area contributed by atoms with Crippen molar-refractivity contribution in [2.24, 2.45) is 0 Å². The predicted molar refractivity (Wildman–Crippen MR) is 63.2 cm³/mol. The van der Waals surface area contributed by atoms with Crippen molar-refractivity contribution >= 4 is 11.8 Å². The van der Waals surface area contributed by atoms with Crippen molar-refractivity contribution in [3.63, 3.8) is 0 Å². The quantitative estimate of drug-likeness (QED) is 0.800. The molecular formula is C12H17NS. The lowest BCUT2D eigenvalue weighted by atomic mass is 9.91. The lowest BCUT2D eigenvalue weighted by molar-refractivity contribution is 0.529. The molecule has 1 heterocycles. The fourth-order valence-electron chi connectivity index (χ4n) is 2.11. The maximum atomic E-state index is 3.36. The van der Waals surface area contributed by atoms with Crippen LogP contribution in [0.25, 0.3) is 0 Å². The summed E-state index contributed by atoms with van der Waals surface area (Å²) in [7, 11) is 2.05. The van der Waals surface area contributed by atoms with Gasteiger partial charge in [0.15, 0.2) is 0 Å². The Bertz CT molecular complexity index is 335. The highest BCUT2D eigenvalue weighted by molar-refractivity contribution is 7.99. The monoisotopic (exact) mass is 207 g/mol. The van der Waals surface area contributed by atoms with Gasteiger partial charge in [0.25, 0.3) is 0 Å². The maximum Gasteiger partial charge on any atom is 0.0113 e. The van der Waals surface area contributed by atoms with Crippen molar-refractivity contribution < 1.29 is 0 Å². The number of thioether (sulfide) groups is 1. The van der Waals surface area contributed by atoms with E-state index in [9.17, 15) is 0 Å². The van der Waals surface area contributed by atoms with Crippen LogP contribution in [0, 0.1) is 6.92 Å². The van der Waals surface area contributed by atoms with Crippen LogP contribution in [0.15, 0.2) is 23.1 Å². The highest BCUT2D eigenvalue weighted by Crippen LogP contribution is 2.42. The summed E-state index contributed by atoms with van der Waals surface area (Å²) < 4.78 is 0. The van der Waals surface area contributed by atoms with Crippen molar-refractivity contribution in [2.75, 3.05) is 12.8 Å². The van der Waals surface area contributed by atoms with Gasteiger partial charge in [-0.3, -0.25) is 0 Å². The zero-order valence-corrected chi connectivity index (χ0v) is 9.82. The van der Waals surface area contributed by atoms with Crippen LogP contribution in [0.2, 0.25) is 0 Å². The van der Waals surface area contributed by atoms with E-state index in [1.54, 1.807) is 5.56 Å². The van der Waals surface area contributed by atoms with Gasteiger partial charge < -0.3 is 5.32 Å². The van der Waals surface area contributed by atoms with Crippen molar-refractivity contribution in [1.82, 2.24) is 5.32 Å². The number of aryl methyl sites for hydroxylation is 1. The van der Waals surface area contributed by atoms with E-state index in [1.807, 2.05) is 18.8 Å². The SMILES string of the molecule is CNC(C)C1CSc2cccc(C)c21. The lowest BCUT2D eigenvalue weighted by Crippen LogP contribution is -2.29. The molecule has 0 aromatic heterocycles. The topological polar surface area (TPSA) is 12.0 Å². The molecule has 1 aromatic carbocycles. The van der Waals surface area contributed by atoms with Gasteiger partial charge in [-0.05, 0) is 38.1 Å². The molecule has 0 spiro atoms. The van der Waals surface area contributed by atoms with Crippen LogP contribution >= 0.6 is 11.8 Å². The summed E-state index contributed by atoms with van der Waals surface area (Å²) in [5, 5.41) is 3.36. The van der Waals surface area contributed by atoms with Crippen LogP contribution in [-0.4, -0.2) is 18.8 Å². The second-order valence-corrected chi connectivity index (χ2v) is 5.04. The Labute approximate surface area is 90.3 Å². The molecular weight excluding hydrogens is 190 g/mol. The summed E-state index contributed by atoms with van der Waals surface area (Å²) in [5.74, 6) is 1.91. The Morgan fingerprint density at radius 3 is 3.00 bits per heavy atom. The zero-order valence-electron chi connectivity index (χ0n) is 9.00. The summed E-state index contributed by atoms with van der Waals surface area (Å²) in [6.45, 7) is 4.49. The average molecular weight is 207 g/mol. The Hall–Kier alpha value is -0.470. The van der Waals surface area contributed by atoms with Crippen LogP contribution in [0.3, 0.4) is 0 Å². The summed E-state index contributed by atoms with van der Waals surface area (Å²) in [6.07, 6.45) is 0. The van der Waals surface area contributed by atoms with E-state index in [4.69, 9.17) is 0 Å². The number of nitrogens with one attached hydrogen (secondary N) is 1. The van der Waals surface area contributed by atoms with Gasteiger partial charge in [-0.1, -0.05) is 12.1 Å². The molecule has 1 N–H and O–H groups in total. The minimum absolute atomic E-state index is 0.574. The van der Waals surface area contributed by atoms with Gasteiger partial charge in [0, 0.05) is 22.6 Å². The molecule has 14 heavy (non-hydrogen) atoms. The van der Waals surface area contributed by atoms with Gasteiger partial charge in [-0.2, -0.15) is 0 Å². The lowest BCUT2D eigenvalue weighted by Gasteiger charge is -2.20. The molecule has 1 aromatic rings. The number of fused-ring (bicyclic) bond motifs is 1. The Morgan fingerprint density at radius 2 is 2.29 bits per heavy atom. The summed E-state index contributed by atoms with van der Waals surface area (Å²) >= 11 is 1.99. The van der Waals surface area contributed by atoms with Crippen molar-refractivity contribution in [2.45, 2.75) is 30.7 Å². The van der Waals surface area contributed by atoms with E-state index in [0.717, 1.165) is 0 Å². The van der Waals surface area contributed by atoms with E-state index in [1.165, 1.54) is 16.2 Å². The molecule has 76 valence electrons. The summed E-state index contributed by atoms with van der Waals surface area (Å²) in [4.78, 5) is 1.48. The predicted octanol–water partition coefficient (Wildman–Crippen LogP) is 2.79. The molecule has 2 atom stereocenters. The van der Waals surface area contributed by atoms with Crippen molar-refractivity contribution in [3.8, 4) is 0 Å². The molecule has 1 nitrogen and oxygen atoms in total. The summed E-state index contributed by atoms with van der Waals surface area (Å²) in [6, 6.07) is 7.20. The first-order valence-corrected chi connectivity index (χ1v) is 6.12. The number of benzene rings is 1. The van der Waals surface area contributed by atoms with Gasteiger partial charge >= 0.3 is 0 Å². The molecule has 0 fully saturated rings. The third-order valence-corrected chi connectivity index (χ3v) is 4.32. The maximum absolute atomic E-state index is 3.36. The molecule has 0 radical (unpaired) electrons. The highest BCUT2D eigenvalue weighted by Gasteiger charge is 2.28. The van der Waals surface area contributed by atoms with E-state index in [-0.39, 0.29) is 0 Å². The molecule has 0 saturated carbocycles. The molecule has 1 aliphatic heterocycles. The fourth-order valence-corrected chi connectivity index (χ4v) is 3.57. The van der Waals surface area contributed by atoms with Gasteiger partial charge in [-0.25, -0.2) is 0 Å². The first kappa shape index (κ1) is 10.1. The second kappa shape index (κ2) is 3.95. The second-order valence-electron chi connectivity index (χ2n) is 3.98. The van der Waals surface area contributed by atoms with Crippen LogP contribution < -0.4 is 5.32 Å². The van der Waals surface area contributed by atoms with Crippen molar-refractivity contribution in [1.29, 1.82) is 0 Å². The highest BCUT2D eigenvalue weighted by atomic mass is 32.2. The molecule has 0 bridgehead atoms. The summed E-state index contributed by atoms with van der Waals surface area (Å²) in [5.41, 5.74) is 3.01. The average Bonchev–Trinajstić information content (AvgIpc) is 2.62. The first-order valence-electron chi connectivity index (χ1n) is 5.13. The van der Waals surface area contributed by atoms with Crippen LogP contribution in [-0.2, 0) is 0 Å². The standard InChI is InChI=1S/C12H17NS/c1-8-5-4-6-11-12(8)10(7-14-11)9(2)13-3/h4-6,9-10,13H,7H2,1-3H3. The zero-order chi connectivity index (χ0) is 10.1. The third-order valence-electron chi connectivity index (χ3n) is 3.13. The van der Waals surface area contributed by atoms with E-state index >= 15 is 0 Å². The van der Waals surface area contributed by atoms with Crippen LogP contribution in [0.1, 0.15) is 24.0 Å². The van der Waals surface area contributed by atoms with E-state index in [0.29, 0.717) is 12.0 Å². The molecule has 2 unspecified atom stereocenters. The van der Waals surface area contributed by atoms with E-state index < -0.39 is 0 Å². The minimum atomic E-state index is 0.574. The van der Waals surface area contributed by atoms with Crippen LogP contribution in [0.4, 0.5) is 0 Å². The van der Waals surface area contributed by atoms with Crippen LogP contribution in [0.5, 0.6) is 0 Å².